The third-order valence-electron chi connectivity index (χ3n) is 3.09. The number of amides is 2. The zero-order chi connectivity index (χ0) is 16.7. The number of hydrogen-bond acceptors (Lipinski definition) is 4. The fraction of sp³-hybridized carbons (Fsp3) is 0.250. The van der Waals surface area contributed by atoms with Gasteiger partial charge >= 0.3 is 0 Å². The number of nitrogens with one attached hydrogen (secondary N) is 2. The molecule has 1 heterocycles. The van der Waals surface area contributed by atoms with E-state index >= 15 is 0 Å². The first-order valence-corrected chi connectivity index (χ1v) is 9.11. The molecule has 5 nitrogen and oxygen atoms in total. The molecule has 0 atom stereocenters. The quantitative estimate of drug-likeness (QED) is 0.454. The highest BCUT2D eigenvalue weighted by atomic mass is 127. The van der Waals surface area contributed by atoms with Crippen LogP contribution < -0.4 is 10.6 Å². The van der Waals surface area contributed by atoms with Gasteiger partial charge in [-0.2, -0.15) is 0 Å². The van der Waals surface area contributed by atoms with Crippen molar-refractivity contribution in [2.45, 2.75) is 12.8 Å². The van der Waals surface area contributed by atoms with Crippen LogP contribution in [-0.4, -0.2) is 30.1 Å². The highest BCUT2D eigenvalue weighted by Crippen LogP contribution is 2.21. The Labute approximate surface area is 152 Å². The molecule has 122 valence electrons. The average molecular weight is 444 g/mol. The molecule has 0 spiro atoms. The lowest BCUT2D eigenvalue weighted by atomic mass is 10.1. The van der Waals surface area contributed by atoms with Gasteiger partial charge in [0.2, 0.25) is 0 Å². The summed E-state index contributed by atoms with van der Waals surface area (Å²) in [6.45, 7) is 0.602. The highest BCUT2D eigenvalue weighted by molar-refractivity contribution is 14.1. The van der Waals surface area contributed by atoms with Crippen LogP contribution in [0, 0.1) is 3.57 Å². The van der Waals surface area contributed by atoms with Crippen molar-refractivity contribution in [2.75, 3.05) is 18.5 Å². The zero-order valence-electron chi connectivity index (χ0n) is 12.3. The molecule has 1 aromatic carbocycles. The normalized spacial score (nSPS) is 10.3. The molecule has 2 rings (SSSR count). The number of benzene rings is 1. The van der Waals surface area contributed by atoms with Crippen LogP contribution in [0.1, 0.15) is 32.9 Å². The molecule has 2 amide bonds. The van der Waals surface area contributed by atoms with Gasteiger partial charge in [-0.05, 0) is 65.1 Å². The fourth-order valence-corrected chi connectivity index (χ4v) is 3.05. The summed E-state index contributed by atoms with van der Waals surface area (Å²) < 4.78 is 0.914. The van der Waals surface area contributed by atoms with Crippen LogP contribution in [0.4, 0.5) is 5.69 Å². The number of halogens is 1. The largest absolute Gasteiger partial charge is 0.396 e. The minimum atomic E-state index is -0.233. The van der Waals surface area contributed by atoms with Gasteiger partial charge in [0.05, 0.1) is 16.1 Å². The number of carbonyl (C=O) groups is 2. The summed E-state index contributed by atoms with van der Waals surface area (Å²) in [4.78, 5) is 25.1. The van der Waals surface area contributed by atoms with Crippen LogP contribution in [0.25, 0.3) is 0 Å². The molecule has 3 N–H and O–H groups in total. The summed E-state index contributed by atoms with van der Waals surface area (Å²) in [5.41, 5.74) is 0.925. The van der Waals surface area contributed by atoms with Crippen LogP contribution >= 0.6 is 33.9 Å². The third-order valence-corrected chi connectivity index (χ3v) is 4.63. The number of rotatable bonds is 7. The first-order valence-electron chi connectivity index (χ1n) is 7.15. The Morgan fingerprint density at radius 3 is 2.70 bits per heavy atom. The van der Waals surface area contributed by atoms with Crippen molar-refractivity contribution in [3.8, 4) is 0 Å². The predicted molar refractivity (Wildman–Crippen MR) is 100 cm³/mol. The van der Waals surface area contributed by atoms with Gasteiger partial charge in [0, 0.05) is 16.7 Å². The Bertz CT molecular complexity index is 674. The van der Waals surface area contributed by atoms with E-state index in [1.165, 1.54) is 11.3 Å². The molecule has 0 radical (unpaired) electrons. The maximum absolute atomic E-state index is 12.3. The Morgan fingerprint density at radius 1 is 1.17 bits per heavy atom. The number of hydrogen-bond donors (Lipinski definition) is 3. The van der Waals surface area contributed by atoms with E-state index < -0.39 is 0 Å². The predicted octanol–water partition coefficient (Wildman–Crippen LogP) is 3.11. The first kappa shape index (κ1) is 17.9. The lowest BCUT2D eigenvalue weighted by Gasteiger charge is -2.11. The topological polar surface area (TPSA) is 78.4 Å². The van der Waals surface area contributed by atoms with E-state index in [0.717, 1.165) is 3.57 Å². The van der Waals surface area contributed by atoms with Crippen molar-refractivity contribution >= 4 is 51.4 Å². The smallest absolute Gasteiger partial charge is 0.265 e. The molecule has 7 heteroatoms. The van der Waals surface area contributed by atoms with Gasteiger partial charge in [-0.3, -0.25) is 9.59 Å². The van der Waals surface area contributed by atoms with Crippen molar-refractivity contribution in [3.63, 3.8) is 0 Å². The molecule has 0 bridgehead atoms. The summed E-state index contributed by atoms with van der Waals surface area (Å²) in [7, 11) is 0. The van der Waals surface area contributed by atoms with E-state index in [-0.39, 0.29) is 18.4 Å². The number of unbranched alkanes of at least 4 members (excludes halogenated alkanes) is 1. The van der Waals surface area contributed by atoms with E-state index in [0.29, 0.717) is 35.5 Å². The maximum atomic E-state index is 12.3. The standard InChI is InChI=1S/C16H17IN2O3S/c17-11-5-6-13(19-16(22)14-4-3-9-23-14)12(10-11)15(21)18-7-1-2-8-20/h3-6,9-10,20H,1-2,7-8H2,(H,18,21)(H,19,22). The Balaban J connectivity index is 2.10. The lowest BCUT2D eigenvalue weighted by Crippen LogP contribution is -2.26. The molecule has 0 aliphatic heterocycles. The summed E-state index contributed by atoms with van der Waals surface area (Å²) in [6.07, 6.45) is 1.36. The number of carbonyl (C=O) groups excluding carboxylic acids is 2. The van der Waals surface area contributed by atoms with E-state index in [1.807, 2.05) is 17.5 Å². The molecule has 0 saturated heterocycles. The van der Waals surface area contributed by atoms with E-state index in [4.69, 9.17) is 5.11 Å². The maximum Gasteiger partial charge on any atom is 0.265 e. The molecule has 0 saturated carbocycles. The summed E-state index contributed by atoms with van der Waals surface area (Å²) in [5.74, 6) is -0.460. The van der Waals surface area contributed by atoms with Crippen LogP contribution in [0.5, 0.6) is 0 Å². The highest BCUT2D eigenvalue weighted by Gasteiger charge is 2.15. The van der Waals surface area contributed by atoms with Crippen LogP contribution in [0.3, 0.4) is 0 Å². The van der Waals surface area contributed by atoms with E-state index in [2.05, 4.69) is 33.2 Å². The lowest BCUT2D eigenvalue weighted by molar-refractivity contribution is 0.0953. The van der Waals surface area contributed by atoms with Gasteiger partial charge in [-0.1, -0.05) is 6.07 Å². The second-order valence-corrected chi connectivity index (χ2v) is 7.00. The number of aliphatic hydroxyl groups excluding tert-OH is 1. The Morgan fingerprint density at radius 2 is 2.00 bits per heavy atom. The van der Waals surface area contributed by atoms with Crippen molar-refractivity contribution in [2.24, 2.45) is 0 Å². The summed E-state index contributed by atoms with van der Waals surface area (Å²) in [6, 6.07) is 8.86. The van der Waals surface area contributed by atoms with Gasteiger partial charge in [0.15, 0.2) is 0 Å². The SMILES string of the molecule is O=C(Nc1ccc(I)cc1C(=O)NCCCCO)c1cccs1. The molecular formula is C16H17IN2O3S. The number of aliphatic hydroxyl groups is 1. The zero-order valence-corrected chi connectivity index (χ0v) is 15.3. The van der Waals surface area contributed by atoms with Crippen LogP contribution in [0.15, 0.2) is 35.7 Å². The van der Waals surface area contributed by atoms with Crippen molar-refractivity contribution in [1.82, 2.24) is 5.32 Å². The average Bonchev–Trinajstić information content (AvgIpc) is 3.07. The van der Waals surface area contributed by atoms with Gasteiger partial charge < -0.3 is 15.7 Å². The molecule has 1 aromatic heterocycles. The van der Waals surface area contributed by atoms with Crippen molar-refractivity contribution in [3.05, 3.63) is 49.7 Å². The molecule has 0 aliphatic carbocycles. The minimum absolute atomic E-state index is 0.112. The summed E-state index contributed by atoms with van der Waals surface area (Å²) >= 11 is 3.48. The molecule has 2 aromatic rings. The number of thiophene rings is 1. The second kappa shape index (κ2) is 8.99. The Kier molecular flexibility index (Phi) is 7.00. The van der Waals surface area contributed by atoms with Crippen molar-refractivity contribution < 1.29 is 14.7 Å². The molecule has 0 fully saturated rings. The van der Waals surface area contributed by atoms with Gasteiger partial charge in [-0.15, -0.1) is 11.3 Å². The van der Waals surface area contributed by atoms with Crippen LogP contribution in [0.2, 0.25) is 0 Å². The number of anilines is 1. The van der Waals surface area contributed by atoms with Gasteiger partial charge in [0.1, 0.15) is 0 Å². The van der Waals surface area contributed by atoms with Crippen LogP contribution in [-0.2, 0) is 0 Å². The second-order valence-electron chi connectivity index (χ2n) is 4.81. The summed E-state index contributed by atoms with van der Waals surface area (Å²) in [5, 5.41) is 16.2. The van der Waals surface area contributed by atoms with E-state index in [1.54, 1.807) is 18.2 Å². The fourth-order valence-electron chi connectivity index (χ4n) is 1.94. The van der Waals surface area contributed by atoms with Gasteiger partial charge in [0.25, 0.3) is 11.8 Å². The molecule has 23 heavy (non-hydrogen) atoms. The van der Waals surface area contributed by atoms with Crippen molar-refractivity contribution in [1.29, 1.82) is 0 Å². The molecule has 0 unspecified atom stereocenters. The molecular weight excluding hydrogens is 427 g/mol. The first-order chi connectivity index (χ1) is 11.1. The third kappa shape index (κ3) is 5.29. The van der Waals surface area contributed by atoms with Gasteiger partial charge in [-0.25, -0.2) is 0 Å². The molecule has 0 aliphatic rings. The monoisotopic (exact) mass is 444 g/mol. The minimum Gasteiger partial charge on any atom is -0.396 e. The Hall–Kier alpha value is -1.45. The van der Waals surface area contributed by atoms with E-state index in [9.17, 15) is 9.59 Å².